The number of benzene rings is 3. The minimum atomic E-state index is 0. The van der Waals surface area contributed by atoms with Crippen LogP contribution in [0.1, 0.15) is 5.89 Å². The maximum absolute atomic E-state index is 6.02. The third-order valence-corrected chi connectivity index (χ3v) is 5.67. The Labute approximate surface area is 198 Å². The van der Waals surface area contributed by atoms with Crippen LogP contribution in [0, 0.1) is 0 Å². The van der Waals surface area contributed by atoms with Crippen molar-refractivity contribution in [3.63, 3.8) is 0 Å². The Hall–Kier alpha value is -2.18. The van der Waals surface area contributed by atoms with Crippen LogP contribution >= 0.6 is 36.4 Å². The smallest absolute Gasteiger partial charge is 0.233 e. The molecule has 1 fully saturated rings. The molecule has 8 heteroatoms. The highest BCUT2D eigenvalue weighted by Gasteiger charge is 2.16. The molecule has 5 nitrogen and oxygen atoms in total. The number of nitrogens with zero attached hydrogens (tertiary/aromatic N) is 3. The van der Waals surface area contributed by atoms with Gasteiger partial charge in [-0.05, 0) is 48.8 Å². The molecule has 0 bridgehead atoms. The standard InChI is InChI=1S/C23H22ClN3O2.2ClH/c1-26-9-11-27(12-10-26)21-4-2-3-16-5-7-18(14-19(16)21)28-15-23-25-20-13-17(24)6-8-22(20)29-23;;/h2-8,13-14H,9-12,15H2,1H3;2*1H. The van der Waals surface area contributed by atoms with Crippen LogP contribution in [0.4, 0.5) is 5.69 Å². The van der Waals surface area contributed by atoms with Gasteiger partial charge in [0, 0.05) is 42.3 Å². The van der Waals surface area contributed by atoms with E-state index in [1.54, 1.807) is 12.1 Å². The lowest BCUT2D eigenvalue weighted by atomic mass is 10.1. The van der Waals surface area contributed by atoms with Gasteiger partial charge in [0.25, 0.3) is 0 Å². The summed E-state index contributed by atoms with van der Waals surface area (Å²) < 4.78 is 11.8. The fourth-order valence-electron chi connectivity index (χ4n) is 3.80. The SMILES string of the molecule is CN1CCN(c2cccc3ccc(OCc4nc5cc(Cl)ccc5o4)cc23)CC1.Cl.Cl. The average molecular weight is 481 g/mol. The first-order valence-corrected chi connectivity index (χ1v) is 10.2. The van der Waals surface area contributed by atoms with Crippen molar-refractivity contribution in [3.05, 3.63) is 65.5 Å². The number of anilines is 1. The van der Waals surface area contributed by atoms with Gasteiger partial charge in [0.05, 0.1) is 0 Å². The van der Waals surface area contributed by atoms with Gasteiger partial charge >= 0.3 is 0 Å². The van der Waals surface area contributed by atoms with Crippen LogP contribution in [0.2, 0.25) is 5.02 Å². The van der Waals surface area contributed by atoms with Crippen LogP contribution in [0.25, 0.3) is 21.9 Å². The van der Waals surface area contributed by atoms with Crippen LogP contribution in [0.15, 0.2) is 59.0 Å². The topological polar surface area (TPSA) is 41.7 Å². The molecule has 0 radical (unpaired) electrons. The molecule has 1 aliphatic rings. The number of aromatic nitrogens is 1. The van der Waals surface area contributed by atoms with Crippen molar-refractivity contribution in [3.8, 4) is 5.75 Å². The number of likely N-dealkylation sites (N-methyl/N-ethyl adjacent to an activating group) is 1. The Bertz CT molecular complexity index is 1170. The number of hydrogen-bond acceptors (Lipinski definition) is 5. The number of oxazole rings is 1. The van der Waals surface area contributed by atoms with Crippen molar-refractivity contribution in [2.75, 3.05) is 38.1 Å². The van der Waals surface area contributed by atoms with Gasteiger partial charge in [-0.2, -0.15) is 0 Å². The van der Waals surface area contributed by atoms with E-state index in [2.05, 4.69) is 52.2 Å². The molecule has 0 aliphatic carbocycles. The van der Waals surface area contributed by atoms with E-state index in [-0.39, 0.29) is 31.4 Å². The van der Waals surface area contributed by atoms with E-state index >= 15 is 0 Å². The van der Waals surface area contributed by atoms with Gasteiger partial charge < -0.3 is 19.0 Å². The number of halogens is 3. The molecule has 1 saturated heterocycles. The lowest BCUT2D eigenvalue weighted by molar-refractivity contribution is 0.267. The molecule has 0 saturated carbocycles. The molecular weight excluding hydrogens is 457 g/mol. The summed E-state index contributed by atoms with van der Waals surface area (Å²) in [5, 5.41) is 3.06. The highest BCUT2D eigenvalue weighted by atomic mass is 35.5. The highest BCUT2D eigenvalue weighted by Crippen LogP contribution is 2.31. The van der Waals surface area contributed by atoms with Gasteiger partial charge in [-0.25, -0.2) is 4.98 Å². The minimum absolute atomic E-state index is 0. The summed E-state index contributed by atoms with van der Waals surface area (Å²) in [5.74, 6) is 1.34. The summed E-state index contributed by atoms with van der Waals surface area (Å²) in [5.41, 5.74) is 2.72. The first-order valence-electron chi connectivity index (χ1n) is 9.80. The predicted octanol–water partition coefficient (Wildman–Crippen LogP) is 5.81. The van der Waals surface area contributed by atoms with E-state index in [0.29, 0.717) is 16.5 Å². The average Bonchev–Trinajstić information content (AvgIpc) is 3.14. The minimum Gasteiger partial charge on any atom is -0.484 e. The lowest BCUT2D eigenvalue weighted by Gasteiger charge is -2.34. The molecule has 3 aromatic carbocycles. The Kier molecular flexibility index (Phi) is 7.55. The van der Waals surface area contributed by atoms with Gasteiger partial charge in [0.1, 0.15) is 11.3 Å². The first kappa shape index (κ1) is 23.5. The van der Waals surface area contributed by atoms with Crippen LogP contribution in [-0.2, 0) is 6.61 Å². The zero-order valence-electron chi connectivity index (χ0n) is 17.1. The Morgan fingerprint density at radius 2 is 1.81 bits per heavy atom. The summed E-state index contributed by atoms with van der Waals surface area (Å²) in [6, 6.07) is 18.1. The van der Waals surface area contributed by atoms with Crippen molar-refractivity contribution < 1.29 is 9.15 Å². The maximum atomic E-state index is 6.02. The quantitative estimate of drug-likeness (QED) is 0.369. The monoisotopic (exact) mass is 479 g/mol. The summed E-state index contributed by atoms with van der Waals surface area (Å²) in [6.45, 7) is 4.50. The van der Waals surface area contributed by atoms with E-state index in [4.69, 9.17) is 20.8 Å². The second-order valence-electron chi connectivity index (χ2n) is 7.46. The molecule has 0 spiro atoms. The molecule has 0 N–H and O–H groups in total. The van der Waals surface area contributed by atoms with Crippen LogP contribution < -0.4 is 9.64 Å². The normalized spacial score (nSPS) is 14.3. The predicted molar refractivity (Wildman–Crippen MR) is 132 cm³/mol. The van der Waals surface area contributed by atoms with Gasteiger partial charge in [-0.15, -0.1) is 24.8 Å². The Morgan fingerprint density at radius 1 is 1.00 bits per heavy atom. The maximum Gasteiger partial charge on any atom is 0.233 e. The third kappa shape index (κ3) is 5.01. The van der Waals surface area contributed by atoms with E-state index in [9.17, 15) is 0 Å². The Morgan fingerprint density at radius 3 is 2.61 bits per heavy atom. The second kappa shape index (κ2) is 9.96. The van der Waals surface area contributed by atoms with Gasteiger partial charge in [0.2, 0.25) is 5.89 Å². The number of piperazine rings is 1. The van der Waals surface area contributed by atoms with Crippen LogP contribution in [-0.4, -0.2) is 43.1 Å². The van der Waals surface area contributed by atoms with Gasteiger partial charge in [0.15, 0.2) is 12.2 Å². The fraction of sp³-hybridized carbons (Fsp3) is 0.261. The van der Waals surface area contributed by atoms with E-state index in [0.717, 1.165) is 37.4 Å². The van der Waals surface area contributed by atoms with Gasteiger partial charge in [-0.1, -0.05) is 29.8 Å². The van der Waals surface area contributed by atoms with E-state index in [1.165, 1.54) is 16.5 Å². The largest absolute Gasteiger partial charge is 0.484 e. The fourth-order valence-corrected chi connectivity index (χ4v) is 3.97. The van der Waals surface area contributed by atoms with Crippen molar-refractivity contribution in [2.24, 2.45) is 0 Å². The molecule has 1 aliphatic heterocycles. The molecule has 4 aromatic rings. The van der Waals surface area contributed by atoms with Crippen molar-refractivity contribution in [1.29, 1.82) is 0 Å². The summed E-state index contributed by atoms with van der Waals surface area (Å²) in [6.07, 6.45) is 0. The lowest BCUT2D eigenvalue weighted by Crippen LogP contribution is -2.44. The van der Waals surface area contributed by atoms with E-state index < -0.39 is 0 Å². The summed E-state index contributed by atoms with van der Waals surface area (Å²) in [4.78, 5) is 9.28. The van der Waals surface area contributed by atoms with Crippen molar-refractivity contribution in [1.82, 2.24) is 9.88 Å². The number of fused-ring (bicyclic) bond motifs is 2. The van der Waals surface area contributed by atoms with Crippen LogP contribution in [0.3, 0.4) is 0 Å². The molecular formula is C23H24Cl3N3O2. The third-order valence-electron chi connectivity index (χ3n) is 5.43. The molecule has 164 valence electrons. The molecule has 5 rings (SSSR count). The van der Waals surface area contributed by atoms with Crippen molar-refractivity contribution in [2.45, 2.75) is 6.61 Å². The van der Waals surface area contributed by atoms with Gasteiger partial charge in [-0.3, -0.25) is 0 Å². The van der Waals surface area contributed by atoms with Crippen molar-refractivity contribution >= 4 is 64.0 Å². The number of rotatable bonds is 4. The summed E-state index contributed by atoms with van der Waals surface area (Å²) >= 11 is 6.02. The summed E-state index contributed by atoms with van der Waals surface area (Å²) in [7, 11) is 2.17. The molecule has 31 heavy (non-hydrogen) atoms. The second-order valence-corrected chi connectivity index (χ2v) is 7.90. The molecule has 1 aromatic heterocycles. The molecule has 0 unspecified atom stereocenters. The number of ether oxygens (including phenoxy) is 1. The first-order chi connectivity index (χ1) is 14.2. The zero-order chi connectivity index (χ0) is 19.8. The Balaban J connectivity index is 0.00000136. The molecule has 0 atom stereocenters. The molecule has 2 heterocycles. The zero-order valence-corrected chi connectivity index (χ0v) is 19.5. The molecule has 0 amide bonds. The number of hydrogen-bond donors (Lipinski definition) is 0. The van der Waals surface area contributed by atoms with Crippen LogP contribution in [0.5, 0.6) is 5.75 Å². The highest BCUT2D eigenvalue weighted by molar-refractivity contribution is 6.31. The van der Waals surface area contributed by atoms with E-state index in [1.807, 2.05) is 12.1 Å².